The van der Waals surface area contributed by atoms with Gasteiger partial charge in [0.25, 0.3) is 5.91 Å². The molecule has 3 aromatic carbocycles. The molecule has 0 aliphatic carbocycles. The number of nitrogens with zero attached hydrogens (tertiary/aromatic N) is 1. The second-order valence-electron chi connectivity index (χ2n) is 11.9. The fraction of sp³-hybridized carbons (Fsp3) is 0.382. The van der Waals surface area contributed by atoms with E-state index in [-0.39, 0.29) is 43.9 Å². The Bertz CT molecular complexity index is 1520. The van der Waals surface area contributed by atoms with Gasteiger partial charge in [0.1, 0.15) is 5.82 Å². The van der Waals surface area contributed by atoms with Crippen LogP contribution in [0.1, 0.15) is 43.9 Å². The molecule has 46 heavy (non-hydrogen) atoms. The normalized spacial score (nSPS) is 15.5. The van der Waals surface area contributed by atoms with Crippen molar-refractivity contribution in [2.75, 3.05) is 19.7 Å². The Labute approximate surface area is 273 Å². The van der Waals surface area contributed by atoms with Gasteiger partial charge in [-0.3, -0.25) is 9.59 Å². The molecule has 3 aromatic rings. The number of benzene rings is 3. The van der Waals surface area contributed by atoms with Crippen LogP contribution in [0.4, 0.5) is 9.18 Å². The average Bonchev–Trinajstić information content (AvgIpc) is 3.14. The Balaban J connectivity index is 1.49. The second-order valence-corrected chi connectivity index (χ2v) is 13.0. The molecule has 0 unspecified atom stereocenters. The maximum absolute atomic E-state index is 14.2. The summed E-state index contributed by atoms with van der Waals surface area (Å²) in [4.78, 5) is 41.1. The smallest absolute Gasteiger partial charge is 0.315 e. The van der Waals surface area contributed by atoms with Gasteiger partial charge in [0.05, 0.1) is 12.7 Å². The Morgan fingerprint density at radius 3 is 2.54 bits per heavy atom. The number of fused-ring (bicyclic) bond motifs is 1. The Morgan fingerprint density at radius 2 is 1.83 bits per heavy atom. The van der Waals surface area contributed by atoms with Crippen LogP contribution in [-0.4, -0.2) is 69.7 Å². The van der Waals surface area contributed by atoms with Crippen LogP contribution in [0.2, 0.25) is 0 Å². The number of rotatable bonds is 13. The predicted molar refractivity (Wildman–Crippen MR) is 176 cm³/mol. The molecular weight excluding hydrogens is 609 g/mol. The van der Waals surface area contributed by atoms with E-state index in [9.17, 15) is 23.9 Å². The molecule has 1 heterocycles. The molecule has 0 fully saturated rings. The summed E-state index contributed by atoms with van der Waals surface area (Å²) in [5.41, 5.74) is 3.84. The monoisotopic (exact) mass is 651 g/mol. The van der Waals surface area contributed by atoms with Gasteiger partial charge in [-0.25, -0.2) is 9.18 Å². The number of nitrogens with one attached hydrogen (secondary N) is 4. The van der Waals surface area contributed by atoms with E-state index in [2.05, 4.69) is 21.3 Å². The van der Waals surface area contributed by atoms with Gasteiger partial charge in [0.15, 0.2) is 5.37 Å². The van der Waals surface area contributed by atoms with E-state index in [0.717, 1.165) is 39.6 Å². The van der Waals surface area contributed by atoms with Gasteiger partial charge in [-0.05, 0) is 60.7 Å². The second kappa shape index (κ2) is 16.0. The number of hydrogen-bond donors (Lipinski definition) is 6. The first-order valence-electron chi connectivity index (χ1n) is 15.2. The summed E-state index contributed by atoms with van der Waals surface area (Å²) in [7, 11) is 0. The summed E-state index contributed by atoms with van der Waals surface area (Å²) in [6.45, 7) is 6.56. The molecule has 1 aliphatic rings. The number of aliphatic hydroxyl groups excluding tert-OH is 2. The quantitative estimate of drug-likeness (QED) is 0.166. The molecule has 0 radical (unpaired) electrons. The molecule has 0 saturated heterocycles. The third-order valence-corrected chi connectivity index (χ3v) is 8.71. The minimum absolute atomic E-state index is 0.00717. The minimum Gasteiger partial charge on any atom is -0.394 e. The minimum atomic E-state index is -0.974. The lowest BCUT2D eigenvalue weighted by molar-refractivity contribution is -0.135. The summed E-state index contributed by atoms with van der Waals surface area (Å²) in [6.07, 6.45) is -0.950. The summed E-state index contributed by atoms with van der Waals surface area (Å²) in [5, 5.41) is 29.3. The lowest BCUT2D eigenvalue weighted by Gasteiger charge is -2.29. The number of carbonyl (C=O) groups excluding carboxylic acids is 3. The summed E-state index contributed by atoms with van der Waals surface area (Å²) < 4.78 is 14.2. The number of urea groups is 1. The van der Waals surface area contributed by atoms with Crippen LogP contribution >= 0.6 is 11.8 Å². The molecule has 246 valence electrons. The van der Waals surface area contributed by atoms with E-state index in [1.54, 1.807) is 24.8 Å². The van der Waals surface area contributed by atoms with Crippen LogP contribution < -0.4 is 21.3 Å². The molecule has 1 aliphatic heterocycles. The largest absolute Gasteiger partial charge is 0.394 e. The topological polar surface area (TPSA) is 143 Å². The highest BCUT2D eigenvalue weighted by molar-refractivity contribution is 8.00. The van der Waals surface area contributed by atoms with Gasteiger partial charge in [-0.1, -0.05) is 66.4 Å². The molecule has 2 atom stereocenters. The highest BCUT2D eigenvalue weighted by Crippen LogP contribution is 2.33. The molecule has 10 nitrogen and oxygen atoms in total. The fourth-order valence-electron chi connectivity index (χ4n) is 5.11. The molecule has 4 rings (SSSR count). The third-order valence-electron chi connectivity index (χ3n) is 7.53. The first kappa shape index (κ1) is 34.9. The van der Waals surface area contributed by atoms with Crippen LogP contribution in [0.5, 0.6) is 0 Å². The Hall–Kier alpha value is -3.97. The van der Waals surface area contributed by atoms with Crippen molar-refractivity contribution < 1.29 is 29.0 Å². The molecule has 0 spiro atoms. The molecular formula is C34H42FN5O5S. The maximum atomic E-state index is 14.2. The van der Waals surface area contributed by atoms with Gasteiger partial charge in [-0.15, -0.1) is 0 Å². The number of β-amino-alcohol motifs (C(OH)–C–C–N with tert-alkyl or cyclic N) is 1. The lowest BCUT2D eigenvalue weighted by Crippen LogP contribution is -2.50. The zero-order valence-corrected chi connectivity index (χ0v) is 27.1. The fourth-order valence-corrected chi connectivity index (χ4v) is 6.26. The first-order chi connectivity index (χ1) is 22.0. The van der Waals surface area contributed by atoms with Crippen molar-refractivity contribution in [1.29, 1.82) is 0 Å². The van der Waals surface area contributed by atoms with Crippen molar-refractivity contribution in [3.05, 3.63) is 89.2 Å². The van der Waals surface area contributed by atoms with E-state index in [4.69, 9.17) is 5.11 Å². The van der Waals surface area contributed by atoms with Gasteiger partial charge in [0.2, 0.25) is 5.91 Å². The predicted octanol–water partition coefficient (Wildman–Crippen LogP) is 3.50. The molecule has 0 aromatic heterocycles. The van der Waals surface area contributed by atoms with E-state index < -0.39 is 29.4 Å². The van der Waals surface area contributed by atoms with Crippen LogP contribution in [0.25, 0.3) is 11.1 Å². The van der Waals surface area contributed by atoms with Gasteiger partial charge >= 0.3 is 6.03 Å². The Morgan fingerprint density at radius 1 is 1.09 bits per heavy atom. The maximum Gasteiger partial charge on any atom is 0.315 e. The van der Waals surface area contributed by atoms with Crippen molar-refractivity contribution in [3.63, 3.8) is 0 Å². The van der Waals surface area contributed by atoms with Gasteiger partial charge in [0, 0.05) is 49.6 Å². The SMILES string of the molecule is CCNC(=O)NCc1ccccc1-c1ccc(CN2Cc3ccc(F)cc3S[C@@H](NC(=O)CC(C)(C)NC[C@H](O)CO)C2=O)cc1. The standard InChI is InChI=1S/C34H42FN5O5S/c1-4-36-33(45)37-17-24-7-5-6-8-28(24)23-11-9-22(10-12-23)19-40-20-25-13-14-26(35)15-29(25)46-31(32(40)44)39-30(43)16-34(2,3)38-18-27(42)21-41/h5-15,27,31,38,41-42H,4,16-21H2,1-3H3,(H,39,43)(H2,36,37,45)/t27-,31+/m0/s1. The van der Waals surface area contributed by atoms with Gasteiger partial charge in [-0.2, -0.15) is 0 Å². The number of aliphatic hydroxyl groups is 2. The number of carbonyl (C=O) groups is 3. The van der Waals surface area contributed by atoms with Gasteiger partial charge < -0.3 is 36.4 Å². The van der Waals surface area contributed by atoms with Crippen molar-refractivity contribution in [3.8, 4) is 11.1 Å². The van der Waals surface area contributed by atoms with Crippen molar-refractivity contribution in [2.45, 2.75) is 68.7 Å². The number of amides is 4. The zero-order chi connectivity index (χ0) is 33.3. The summed E-state index contributed by atoms with van der Waals surface area (Å²) >= 11 is 1.11. The number of hydrogen-bond acceptors (Lipinski definition) is 7. The molecule has 6 N–H and O–H groups in total. The van der Waals surface area contributed by atoms with E-state index in [0.29, 0.717) is 18.0 Å². The van der Waals surface area contributed by atoms with Crippen LogP contribution in [0.3, 0.4) is 0 Å². The Kier molecular flexibility index (Phi) is 12.2. The van der Waals surface area contributed by atoms with E-state index in [1.807, 2.05) is 55.5 Å². The molecule has 0 saturated carbocycles. The van der Waals surface area contributed by atoms with Crippen molar-refractivity contribution >= 4 is 29.6 Å². The summed E-state index contributed by atoms with van der Waals surface area (Å²) in [6, 6.07) is 19.8. The summed E-state index contributed by atoms with van der Waals surface area (Å²) in [5.74, 6) is -1.12. The van der Waals surface area contributed by atoms with Crippen LogP contribution in [0, 0.1) is 5.82 Å². The van der Waals surface area contributed by atoms with Crippen molar-refractivity contribution in [2.24, 2.45) is 0 Å². The van der Waals surface area contributed by atoms with Crippen molar-refractivity contribution in [1.82, 2.24) is 26.2 Å². The lowest BCUT2D eigenvalue weighted by atomic mass is 9.98. The molecule has 0 bridgehead atoms. The van der Waals surface area contributed by atoms with Crippen LogP contribution in [0.15, 0.2) is 71.6 Å². The zero-order valence-electron chi connectivity index (χ0n) is 26.3. The number of halogens is 1. The highest BCUT2D eigenvalue weighted by atomic mass is 32.2. The van der Waals surface area contributed by atoms with E-state index >= 15 is 0 Å². The third kappa shape index (κ3) is 9.76. The molecule has 12 heteroatoms. The number of thioether (sulfide) groups is 1. The average molecular weight is 652 g/mol. The first-order valence-corrected chi connectivity index (χ1v) is 16.1. The van der Waals surface area contributed by atoms with Crippen LogP contribution in [-0.2, 0) is 29.2 Å². The molecule has 4 amide bonds. The highest BCUT2D eigenvalue weighted by Gasteiger charge is 2.33. The van der Waals surface area contributed by atoms with E-state index in [1.165, 1.54) is 12.1 Å².